The molecule has 1 aromatic rings. The Balaban J connectivity index is 0.00000288. The molecule has 1 aliphatic heterocycles. The first kappa shape index (κ1) is 20.6. The maximum Gasteiger partial charge on any atom is 0.254 e. The minimum Gasteiger partial charge on any atom is -0.493 e. The molecule has 1 aliphatic rings. The summed E-state index contributed by atoms with van der Waals surface area (Å²) in [5.74, 6) is 1.32. The van der Waals surface area contributed by atoms with E-state index >= 15 is 0 Å². The predicted octanol–water partition coefficient (Wildman–Crippen LogP) is 3.11. The molecule has 24 heavy (non-hydrogen) atoms. The summed E-state index contributed by atoms with van der Waals surface area (Å²) in [6.07, 6.45) is 3.02. The second-order valence-electron chi connectivity index (χ2n) is 6.56. The maximum absolute atomic E-state index is 12.7. The number of carbonyl (C=O) groups excluding carboxylic acids is 1. The number of benzene rings is 1. The molecule has 1 saturated heterocycles. The number of halogens is 1. The summed E-state index contributed by atoms with van der Waals surface area (Å²) in [5.41, 5.74) is 6.48. The van der Waals surface area contributed by atoms with Crippen LogP contribution in [0.4, 0.5) is 0 Å². The number of amides is 1. The molecule has 2 rings (SSSR count). The Morgan fingerprint density at radius 1 is 1.38 bits per heavy atom. The number of hydrogen-bond acceptors (Lipinski definition) is 4. The van der Waals surface area contributed by atoms with Crippen molar-refractivity contribution >= 4 is 18.3 Å². The lowest BCUT2D eigenvalue weighted by molar-refractivity contribution is 0.0776. The fourth-order valence-corrected chi connectivity index (χ4v) is 2.79. The van der Waals surface area contributed by atoms with Crippen LogP contribution in [0.15, 0.2) is 18.2 Å². The summed E-state index contributed by atoms with van der Waals surface area (Å²) < 4.78 is 11.1. The number of unbranched alkanes of at least 4 members (excludes halogenated alkanes) is 1. The van der Waals surface area contributed by atoms with Gasteiger partial charge in [-0.05, 0) is 43.0 Å². The molecule has 1 aromatic carbocycles. The highest BCUT2D eigenvalue weighted by molar-refractivity contribution is 5.95. The van der Waals surface area contributed by atoms with E-state index in [9.17, 15) is 4.79 Å². The van der Waals surface area contributed by atoms with E-state index in [1.165, 1.54) is 0 Å². The Morgan fingerprint density at radius 2 is 2.12 bits per heavy atom. The van der Waals surface area contributed by atoms with E-state index in [-0.39, 0.29) is 23.7 Å². The third kappa shape index (κ3) is 4.77. The first-order chi connectivity index (χ1) is 11.0. The van der Waals surface area contributed by atoms with Crippen molar-refractivity contribution in [3.05, 3.63) is 23.8 Å². The lowest BCUT2D eigenvalue weighted by Gasteiger charge is -2.22. The molecule has 0 saturated carbocycles. The number of rotatable bonds is 7. The first-order valence-electron chi connectivity index (χ1n) is 8.33. The van der Waals surface area contributed by atoms with Crippen LogP contribution < -0.4 is 15.2 Å². The van der Waals surface area contributed by atoms with Crippen LogP contribution in [0.3, 0.4) is 0 Å². The molecule has 2 N–H and O–H groups in total. The molecule has 1 heterocycles. The van der Waals surface area contributed by atoms with Crippen molar-refractivity contribution in [2.24, 2.45) is 11.1 Å². The number of nitrogens with two attached hydrogens (primary N) is 1. The Hall–Kier alpha value is -1.46. The lowest BCUT2D eigenvalue weighted by Crippen LogP contribution is -2.34. The topological polar surface area (TPSA) is 64.8 Å². The second kappa shape index (κ2) is 9.14. The number of ether oxygens (including phenoxy) is 2. The van der Waals surface area contributed by atoms with Crippen molar-refractivity contribution in [3.63, 3.8) is 0 Å². The number of likely N-dealkylation sites (tertiary alicyclic amines) is 1. The number of hydrogen-bond donors (Lipinski definition) is 1. The SMILES string of the molecule is CCCCOc1ccc(C(=O)N2CCC(C)(CN)C2)cc1OC.Cl. The normalized spacial score (nSPS) is 19.8. The zero-order chi connectivity index (χ0) is 16.9. The standard InChI is InChI=1S/C18H28N2O3.ClH/c1-4-5-10-23-15-7-6-14(11-16(15)22-3)17(21)20-9-8-18(2,12-19)13-20;/h6-7,11H,4-5,8-10,12-13,19H2,1-3H3;1H. The van der Waals surface area contributed by atoms with Crippen LogP contribution in [0.5, 0.6) is 11.5 Å². The van der Waals surface area contributed by atoms with E-state index in [2.05, 4.69) is 13.8 Å². The van der Waals surface area contributed by atoms with Crippen LogP contribution in [0.25, 0.3) is 0 Å². The van der Waals surface area contributed by atoms with Gasteiger partial charge in [0.2, 0.25) is 0 Å². The highest BCUT2D eigenvalue weighted by atomic mass is 35.5. The molecule has 0 bridgehead atoms. The highest BCUT2D eigenvalue weighted by Gasteiger charge is 2.35. The van der Waals surface area contributed by atoms with Gasteiger partial charge in [-0.1, -0.05) is 20.3 Å². The highest BCUT2D eigenvalue weighted by Crippen LogP contribution is 2.32. The third-order valence-electron chi connectivity index (χ3n) is 4.50. The molecule has 1 unspecified atom stereocenters. The van der Waals surface area contributed by atoms with Gasteiger partial charge in [0.15, 0.2) is 11.5 Å². The van der Waals surface area contributed by atoms with Crippen molar-refractivity contribution in [2.45, 2.75) is 33.1 Å². The van der Waals surface area contributed by atoms with Gasteiger partial charge in [0.05, 0.1) is 13.7 Å². The largest absolute Gasteiger partial charge is 0.493 e. The summed E-state index contributed by atoms with van der Waals surface area (Å²) in [6.45, 7) is 6.97. The van der Waals surface area contributed by atoms with Crippen molar-refractivity contribution in [2.75, 3.05) is 33.4 Å². The molecular weight excluding hydrogens is 328 g/mol. The van der Waals surface area contributed by atoms with Crippen LogP contribution in [0, 0.1) is 5.41 Å². The van der Waals surface area contributed by atoms with E-state index < -0.39 is 0 Å². The Labute approximate surface area is 150 Å². The molecule has 0 aliphatic carbocycles. The number of nitrogens with zero attached hydrogens (tertiary/aromatic N) is 1. The molecule has 0 aromatic heterocycles. The Morgan fingerprint density at radius 3 is 2.71 bits per heavy atom. The van der Waals surface area contributed by atoms with Crippen LogP contribution >= 0.6 is 12.4 Å². The monoisotopic (exact) mass is 356 g/mol. The molecule has 0 spiro atoms. The Bertz CT molecular complexity index is 553. The lowest BCUT2D eigenvalue weighted by atomic mass is 9.90. The molecule has 1 fully saturated rings. The molecule has 6 heteroatoms. The zero-order valence-electron chi connectivity index (χ0n) is 14.8. The van der Waals surface area contributed by atoms with Gasteiger partial charge >= 0.3 is 0 Å². The smallest absolute Gasteiger partial charge is 0.254 e. The van der Waals surface area contributed by atoms with Crippen molar-refractivity contribution in [1.82, 2.24) is 4.90 Å². The first-order valence-corrected chi connectivity index (χ1v) is 8.33. The van der Waals surface area contributed by atoms with E-state index in [4.69, 9.17) is 15.2 Å². The molecule has 136 valence electrons. The molecule has 1 amide bonds. The van der Waals surface area contributed by atoms with Crippen molar-refractivity contribution < 1.29 is 14.3 Å². The van der Waals surface area contributed by atoms with E-state index in [0.29, 0.717) is 36.8 Å². The van der Waals surface area contributed by atoms with Crippen LogP contribution in [-0.2, 0) is 0 Å². The van der Waals surface area contributed by atoms with Crippen molar-refractivity contribution in [1.29, 1.82) is 0 Å². The van der Waals surface area contributed by atoms with Crippen LogP contribution in [0.2, 0.25) is 0 Å². The fourth-order valence-electron chi connectivity index (χ4n) is 2.79. The minimum atomic E-state index is 0. The van der Waals surface area contributed by atoms with Gasteiger partial charge in [-0.15, -0.1) is 12.4 Å². The van der Waals surface area contributed by atoms with Crippen molar-refractivity contribution in [3.8, 4) is 11.5 Å². The average molecular weight is 357 g/mol. The summed E-state index contributed by atoms with van der Waals surface area (Å²) in [6, 6.07) is 5.39. The predicted molar refractivity (Wildman–Crippen MR) is 98.3 cm³/mol. The van der Waals surface area contributed by atoms with Gasteiger partial charge in [-0.25, -0.2) is 0 Å². The van der Waals surface area contributed by atoms with Gasteiger partial charge in [0.1, 0.15) is 0 Å². The number of methoxy groups -OCH3 is 1. The summed E-state index contributed by atoms with van der Waals surface area (Å²) in [4.78, 5) is 14.6. The van der Waals surface area contributed by atoms with E-state index in [1.54, 1.807) is 13.2 Å². The van der Waals surface area contributed by atoms with Crippen LogP contribution in [-0.4, -0.2) is 44.2 Å². The minimum absolute atomic E-state index is 0. The molecule has 5 nitrogen and oxygen atoms in total. The van der Waals surface area contributed by atoms with Gasteiger partial charge in [0, 0.05) is 18.7 Å². The molecule has 0 radical (unpaired) electrons. The number of carbonyl (C=O) groups is 1. The van der Waals surface area contributed by atoms with Crippen LogP contribution in [0.1, 0.15) is 43.5 Å². The van der Waals surface area contributed by atoms with Gasteiger partial charge in [-0.2, -0.15) is 0 Å². The zero-order valence-corrected chi connectivity index (χ0v) is 15.7. The average Bonchev–Trinajstić information content (AvgIpc) is 2.97. The molecule has 1 atom stereocenters. The summed E-state index contributed by atoms with van der Waals surface area (Å²) in [5, 5.41) is 0. The van der Waals surface area contributed by atoms with Gasteiger partial charge < -0.3 is 20.1 Å². The Kier molecular flexibility index (Phi) is 7.84. The quantitative estimate of drug-likeness (QED) is 0.762. The fraction of sp³-hybridized carbons (Fsp3) is 0.611. The molecular formula is C18H29ClN2O3. The maximum atomic E-state index is 12.7. The summed E-state index contributed by atoms with van der Waals surface area (Å²) >= 11 is 0. The van der Waals surface area contributed by atoms with E-state index in [0.717, 1.165) is 25.8 Å². The van der Waals surface area contributed by atoms with E-state index in [1.807, 2.05) is 17.0 Å². The second-order valence-corrected chi connectivity index (χ2v) is 6.56. The van der Waals surface area contributed by atoms with Gasteiger partial charge in [-0.3, -0.25) is 4.79 Å². The summed E-state index contributed by atoms with van der Waals surface area (Å²) in [7, 11) is 1.59. The van der Waals surface area contributed by atoms with Gasteiger partial charge in [0.25, 0.3) is 5.91 Å². The third-order valence-corrected chi connectivity index (χ3v) is 4.50.